The highest BCUT2D eigenvalue weighted by molar-refractivity contribution is 8.00. The molecule has 1 spiro atoms. The minimum absolute atomic E-state index is 0.227. The standard InChI is InChI=1S/C24H25ClO5S/c1-2-3-4-14-5-7-15(8-6-14)9-16-10-18-17(11-19(16)25)13-30-24(18)23(29)22(28)21(27)20(12-26)31-24/h5-8,10-11,20-23,26-29H,2,9,12-13H2,1H3/t20-,21-,22+,23-,24+/m1/s1. The summed E-state index contributed by atoms with van der Waals surface area (Å²) in [4.78, 5) is -1.26. The Balaban J connectivity index is 1.67. The van der Waals surface area contributed by atoms with Gasteiger partial charge in [-0.15, -0.1) is 11.8 Å². The van der Waals surface area contributed by atoms with Crippen molar-refractivity contribution in [1.82, 2.24) is 0 Å². The minimum atomic E-state index is -1.43. The molecule has 2 aromatic rings. The number of aliphatic hydroxyl groups excluding tert-OH is 4. The van der Waals surface area contributed by atoms with E-state index in [0.29, 0.717) is 11.4 Å². The van der Waals surface area contributed by atoms with E-state index in [4.69, 9.17) is 16.3 Å². The molecule has 7 heteroatoms. The van der Waals surface area contributed by atoms with Gasteiger partial charge >= 0.3 is 0 Å². The third-order valence-corrected chi connectivity index (χ3v) is 7.81. The lowest BCUT2D eigenvalue weighted by atomic mass is 9.91. The van der Waals surface area contributed by atoms with Gasteiger partial charge in [-0.05, 0) is 47.4 Å². The SMILES string of the molecule is CCC#Cc1ccc(Cc2cc3c(cc2Cl)CO[C@]32S[C@H](CO)[C@@H](O)[C@H](O)[C@H]2O)cc1. The molecule has 0 bridgehead atoms. The highest BCUT2D eigenvalue weighted by Crippen LogP contribution is 2.54. The molecule has 5 atom stereocenters. The van der Waals surface area contributed by atoms with E-state index in [1.165, 1.54) is 0 Å². The van der Waals surface area contributed by atoms with E-state index in [2.05, 4.69) is 11.8 Å². The zero-order chi connectivity index (χ0) is 22.2. The number of ether oxygens (including phenoxy) is 1. The molecule has 0 radical (unpaired) electrons. The van der Waals surface area contributed by atoms with E-state index in [9.17, 15) is 20.4 Å². The number of hydrogen-bond donors (Lipinski definition) is 4. The number of hydrogen-bond acceptors (Lipinski definition) is 6. The predicted octanol–water partition coefficient (Wildman–Crippen LogP) is 2.57. The molecule has 31 heavy (non-hydrogen) atoms. The van der Waals surface area contributed by atoms with Gasteiger partial charge in [-0.2, -0.15) is 0 Å². The van der Waals surface area contributed by atoms with Crippen LogP contribution in [0.2, 0.25) is 5.02 Å². The Morgan fingerprint density at radius 3 is 2.58 bits per heavy atom. The van der Waals surface area contributed by atoms with Crippen LogP contribution < -0.4 is 0 Å². The molecule has 2 aromatic carbocycles. The van der Waals surface area contributed by atoms with E-state index in [1.807, 2.05) is 43.3 Å². The van der Waals surface area contributed by atoms with Crippen molar-refractivity contribution in [2.45, 2.75) is 54.9 Å². The Labute approximate surface area is 191 Å². The molecule has 2 heterocycles. The first kappa shape index (κ1) is 22.6. The number of thioether (sulfide) groups is 1. The van der Waals surface area contributed by atoms with E-state index in [0.717, 1.165) is 46.0 Å². The zero-order valence-electron chi connectivity index (χ0n) is 17.1. The molecule has 0 saturated carbocycles. The average Bonchev–Trinajstić information content (AvgIpc) is 3.12. The molecule has 1 saturated heterocycles. The zero-order valence-corrected chi connectivity index (χ0v) is 18.7. The molecule has 1 fully saturated rings. The van der Waals surface area contributed by atoms with Crippen LogP contribution in [-0.4, -0.2) is 50.6 Å². The number of rotatable bonds is 3. The smallest absolute Gasteiger partial charge is 0.168 e. The van der Waals surface area contributed by atoms with E-state index < -0.39 is 28.5 Å². The van der Waals surface area contributed by atoms with Gasteiger partial charge in [0, 0.05) is 22.6 Å². The number of halogens is 1. The Morgan fingerprint density at radius 1 is 1.16 bits per heavy atom. The first-order chi connectivity index (χ1) is 14.9. The summed E-state index contributed by atoms with van der Waals surface area (Å²) in [6.07, 6.45) is -2.63. The fourth-order valence-corrected chi connectivity index (χ4v) is 5.90. The van der Waals surface area contributed by atoms with Crippen molar-refractivity contribution in [1.29, 1.82) is 0 Å². The van der Waals surface area contributed by atoms with Gasteiger partial charge in [-0.25, -0.2) is 0 Å². The van der Waals surface area contributed by atoms with Gasteiger partial charge in [0.25, 0.3) is 0 Å². The van der Waals surface area contributed by atoms with Crippen molar-refractivity contribution in [3.05, 3.63) is 69.2 Å². The fourth-order valence-electron chi connectivity index (χ4n) is 4.10. The van der Waals surface area contributed by atoms with Gasteiger partial charge in [0.05, 0.1) is 24.6 Å². The molecule has 5 nitrogen and oxygen atoms in total. The normalized spacial score (nSPS) is 29.5. The van der Waals surface area contributed by atoms with Crippen molar-refractivity contribution in [2.75, 3.05) is 6.61 Å². The lowest BCUT2D eigenvalue weighted by molar-refractivity contribution is -0.147. The maximum atomic E-state index is 10.8. The van der Waals surface area contributed by atoms with Gasteiger partial charge in [-0.3, -0.25) is 0 Å². The number of benzene rings is 2. The number of aliphatic hydroxyl groups is 4. The molecular weight excluding hydrogens is 436 g/mol. The molecule has 0 aromatic heterocycles. The number of fused-ring (bicyclic) bond motifs is 2. The topological polar surface area (TPSA) is 90.2 Å². The van der Waals surface area contributed by atoms with Crippen LogP contribution in [0.25, 0.3) is 0 Å². The van der Waals surface area contributed by atoms with Gasteiger partial charge in [0.1, 0.15) is 12.2 Å². The van der Waals surface area contributed by atoms with Crippen LogP contribution in [0, 0.1) is 11.8 Å². The molecule has 2 aliphatic rings. The van der Waals surface area contributed by atoms with Crippen LogP contribution in [0.3, 0.4) is 0 Å². The van der Waals surface area contributed by atoms with Crippen LogP contribution in [0.5, 0.6) is 0 Å². The van der Waals surface area contributed by atoms with Crippen molar-refractivity contribution >= 4 is 23.4 Å². The van der Waals surface area contributed by atoms with Crippen LogP contribution in [0.4, 0.5) is 0 Å². The Morgan fingerprint density at radius 2 is 1.90 bits per heavy atom. The predicted molar refractivity (Wildman–Crippen MR) is 121 cm³/mol. The highest BCUT2D eigenvalue weighted by Gasteiger charge is 2.57. The summed E-state index contributed by atoms with van der Waals surface area (Å²) in [5.74, 6) is 6.16. The molecular formula is C24H25ClO5S. The van der Waals surface area contributed by atoms with Crippen LogP contribution in [0.1, 0.15) is 41.2 Å². The van der Waals surface area contributed by atoms with Crippen LogP contribution in [0.15, 0.2) is 36.4 Å². The lowest BCUT2D eigenvalue weighted by Crippen LogP contribution is -2.58. The largest absolute Gasteiger partial charge is 0.395 e. The maximum Gasteiger partial charge on any atom is 0.168 e. The summed E-state index contributed by atoms with van der Waals surface area (Å²) < 4.78 is 5.99. The second-order valence-corrected chi connectivity index (χ2v) is 9.71. The quantitative estimate of drug-likeness (QED) is 0.526. The van der Waals surface area contributed by atoms with Crippen molar-refractivity contribution < 1.29 is 25.2 Å². The van der Waals surface area contributed by atoms with Crippen molar-refractivity contribution in [3.63, 3.8) is 0 Å². The second kappa shape index (κ2) is 9.13. The van der Waals surface area contributed by atoms with E-state index in [-0.39, 0.29) is 13.2 Å². The van der Waals surface area contributed by atoms with Crippen molar-refractivity contribution in [3.8, 4) is 11.8 Å². The first-order valence-electron chi connectivity index (χ1n) is 10.3. The Bertz CT molecular complexity index is 1010. The molecule has 0 amide bonds. The molecule has 4 N–H and O–H groups in total. The highest BCUT2D eigenvalue weighted by atomic mass is 35.5. The monoisotopic (exact) mass is 460 g/mol. The summed E-state index contributed by atoms with van der Waals surface area (Å²) in [6, 6.07) is 11.7. The fraction of sp³-hybridized carbons (Fsp3) is 0.417. The van der Waals surface area contributed by atoms with E-state index in [1.54, 1.807) is 0 Å². The third kappa shape index (κ3) is 4.12. The minimum Gasteiger partial charge on any atom is -0.395 e. The van der Waals surface area contributed by atoms with Crippen molar-refractivity contribution in [2.24, 2.45) is 0 Å². The van der Waals surface area contributed by atoms with Crippen LogP contribution in [-0.2, 0) is 22.7 Å². The molecule has 164 valence electrons. The second-order valence-electron chi connectivity index (χ2n) is 7.85. The van der Waals surface area contributed by atoms with Gasteiger partial charge in [0.2, 0.25) is 0 Å². The van der Waals surface area contributed by atoms with Gasteiger partial charge < -0.3 is 25.2 Å². The molecule has 0 aliphatic carbocycles. The Hall–Kier alpha value is -1.56. The van der Waals surface area contributed by atoms with Crippen LogP contribution >= 0.6 is 23.4 Å². The van der Waals surface area contributed by atoms with E-state index >= 15 is 0 Å². The van der Waals surface area contributed by atoms with Gasteiger partial charge in [0.15, 0.2) is 4.93 Å². The average molecular weight is 461 g/mol. The first-order valence-corrected chi connectivity index (χ1v) is 11.5. The maximum absolute atomic E-state index is 10.8. The summed E-state index contributed by atoms with van der Waals surface area (Å²) in [7, 11) is 0. The lowest BCUT2D eigenvalue weighted by Gasteiger charge is -2.45. The molecule has 2 aliphatic heterocycles. The third-order valence-electron chi connectivity index (χ3n) is 5.80. The summed E-state index contributed by atoms with van der Waals surface area (Å²) in [5, 5.41) is 41.0. The summed E-state index contributed by atoms with van der Waals surface area (Å²) in [6.45, 7) is 1.90. The molecule has 0 unspecified atom stereocenters. The summed E-state index contributed by atoms with van der Waals surface area (Å²) >= 11 is 7.70. The Kier molecular flexibility index (Phi) is 6.66. The molecule has 4 rings (SSSR count). The van der Waals surface area contributed by atoms with Gasteiger partial charge in [-0.1, -0.05) is 42.5 Å². The summed E-state index contributed by atoms with van der Waals surface area (Å²) in [5.41, 5.74) is 4.44.